The van der Waals surface area contributed by atoms with Crippen LogP contribution in [0.2, 0.25) is 5.15 Å². The highest BCUT2D eigenvalue weighted by atomic mass is 35.5. The van der Waals surface area contributed by atoms with E-state index in [4.69, 9.17) is 11.6 Å². The quantitative estimate of drug-likeness (QED) is 0.567. The van der Waals surface area contributed by atoms with E-state index < -0.39 is 0 Å². The Morgan fingerprint density at radius 3 is 2.78 bits per heavy atom. The molecular formula is C17H14ClN5. The summed E-state index contributed by atoms with van der Waals surface area (Å²) in [5.74, 6) is 0.798. The summed E-state index contributed by atoms with van der Waals surface area (Å²) in [6, 6.07) is 11.8. The Hall–Kier alpha value is -2.66. The first kappa shape index (κ1) is 14.0. The lowest BCUT2D eigenvalue weighted by Gasteiger charge is -2.01. The Morgan fingerprint density at radius 2 is 2.00 bits per heavy atom. The van der Waals surface area contributed by atoms with E-state index in [9.17, 15) is 0 Å². The molecular weight excluding hydrogens is 310 g/mol. The van der Waals surface area contributed by atoms with E-state index in [0.717, 1.165) is 39.4 Å². The van der Waals surface area contributed by atoms with Gasteiger partial charge >= 0.3 is 0 Å². The first-order chi connectivity index (χ1) is 11.1. The zero-order valence-electron chi connectivity index (χ0n) is 12.7. The Morgan fingerprint density at radius 1 is 1.17 bits per heavy atom. The number of halogens is 1. The van der Waals surface area contributed by atoms with Crippen molar-refractivity contribution in [1.29, 1.82) is 0 Å². The fourth-order valence-electron chi connectivity index (χ4n) is 2.68. The van der Waals surface area contributed by atoms with Crippen molar-refractivity contribution in [2.45, 2.75) is 6.92 Å². The van der Waals surface area contributed by atoms with Crippen molar-refractivity contribution in [1.82, 2.24) is 24.7 Å². The molecule has 1 N–H and O–H groups in total. The van der Waals surface area contributed by atoms with Crippen LogP contribution in [-0.2, 0) is 7.05 Å². The summed E-state index contributed by atoms with van der Waals surface area (Å²) in [5.41, 5.74) is 5.73. The van der Waals surface area contributed by atoms with Crippen LogP contribution >= 0.6 is 11.6 Å². The normalized spacial score (nSPS) is 11.3. The molecule has 0 amide bonds. The van der Waals surface area contributed by atoms with Crippen molar-refractivity contribution < 1.29 is 0 Å². The van der Waals surface area contributed by atoms with Gasteiger partial charge in [0.2, 0.25) is 0 Å². The van der Waals surface area contributed by atoms with Crippen LogP contribution in [0.5, 0.6) is 0 Å². The lowest BCUT2D eigenvalue weighted by molar-refractivity contribution is 0.774. The number of nitrogens with zero attached hydrogens (tertiary/aromatic N) is 4. The average Bonchev–Trinajstić information content (AvgIpc) is 3.10. The summed E-state index contributed by atoms with van der Waals surface area (Å²) in [6.07, 6.45) is 1.75. The van der Waals surface area contributed by atoms with Gasteiger partial charge in [-0.2, -0.15) is 5.10 Å². The van der Waals surface area contributed by atoms with Crippen molar-refractivity contribution in [3.8, 4) is 22.8 Å². The third kappa shape index (κ3) is 2.39. The van der Waals surface area contributed by atoms with E-state index >= 15 is 0 Å². The van der Waals surface area contributed by atoms with E-state index in [1.807, 2.05) is 55.1 Å². The minimum atomic E-state index is 0.486. The predicted molar refractivity (Wildman–Crippen MR) is 91.3 cm³/mol. The average molecular weight is 324 g/mol. The molecule has 0 saturated heterocycles. The summed E-state index contributed by atoms with van der Waals surface area (Å²) < 4.78 is 1.82. The molecule has 5 nitrogen and oxygen atoms in total. The fraction of sp³-hybridized carbons (Fsp3) is 0.118. The maximum Gasteiger partial charge on any atom is 0.156 e. The van der Waals surface area contributed by atoms with Crippen LogP contribution in [0.3, 0.4) is 0 Å². The van der Waals surface area contributed by atoms with Crippen molar-refractivity contribution in [2.75, 3.05) is 0 Å². The third-order valence-corrected chi connectivity index (χ3v) is 4.07. The van der Waals surface area contributed by atoms with Crippen LogP contribution in [0.25, 0.3) is 33.8 Å². The fourth-order valence-corrected chi connectivity index (χ4v) is 2.90. The standard InChI is InChI=1S/C17H14ClN5/c1-10-7-16(18)19-9-11(10)14-8-15(23(2)22-14)17-20-12-5-3-4-6-13(12)21-17/h3-9H,1-2H3,(H,20,21). The van der Waals surface area contributed by atoms with Gasteiger partial charge in [0.05, 0.1) is 16.7 Å². The summed E-state index contributed by atoms with van der Waals surface area (Å²) in [5, 5.41) is 5.08. The zero-order valence-corrected chi connectivity index (χ0v) is 13.5. The van der Waals surface area contributed by atoms with Crippen molar-refractivity contribution in [2.24, 2.45) is 7.05 Å². The molecule has 0 bridgehead atoms. The molecule has 6 heteroatoms. The molecule has 0 aliphatic carbocycles. The minimum Gasteiger partial charge on any atom is -0.337 e. The zero-order chi connectivity index (χ0) is 16.0. The summed E-state index contributed by atoms with van der Waals surface area (Å²) in [7, 11) is 1.91. The molecule has 0 unspecified atom stereocenters. The van der Waals surface area contributed by atoms with Gasteiger partial charge in [0.25, 0.3) is 0 Å². The molecule has 0 saturated carbocycles. The molecule has 0 aliphatic rings. The van der Waals surface area contributed by atoms with E-state index in [2.05, 4.69) is 20.1 Å². The Kier molecular flexibility index (Phi) is 3.16. The first-order valence-electron chi connectivity index (χ1n) is 7.23. The number of imidazole rings is 1. The molecule has 0 aliphatic heterocycles. The largest absolute Gasteiger partial charge is 0.337 e. The van der Waals surface area contributed by atoms with Gasteiger partial charge in [-0.25, -0.2) is 9.97 Å². The lowest BCUT2D eigenvalue weighted by Crippen LogP contribution is -1.95. The summed E-state index contributed by atoms with van der Waals surface area (Å²) in [4.78, 5) is 12.1. The van der Waals surface area contributed by atoms with Gasteiger partial charge in [-0.3, -0.25) is 4.68 Å². The van der Waals surface area contributed by atoms with Crippen molar-refractivity contribution >= 4 is 22.6 Å². The van der Waals surface area contributed by atoms with Gasteiger partial charge < -0.3 is 4.98 Å². The molecule has 3 heterocycles. The molecule has 0 spiro atoms. The van der Waals surface area contributed by atoms with E-state index in [-0.39, 0.29) is 0 Å². The van der Waals surface area contributed by atoms with Gasteiger partial charge in [0.15, 0.2) is 5.82 Å². The number of hydrogen-bond acceptors (Lipinski definition) is 3. The number of aromatic nitrogens is 5. The van der Waals surface area contributed by atoms with Crippen molar-refractivity contribution in [3.05, 3.63) is 53.3 Å². The SMILES string of the molecule is Cc1cc(Cl)ncc1-c1cc(-c2nc3ccccc3[nH]2)n(C)n1. The Balaban J connectivity index is 1.83. The molecule has 4 rings (SSSR count). The molecule has 23 heavy (non-hydrogen) atoms. The number of para-hydroxylation sites is 2. The third-order valence-electron chi connectivity index (χ3n) is 3.87. The number of pyridine rings is 1. The highest BCUT2D eigenvalue weighted by molar-refractivity contribution is 6.29. The molecule has 3 aromatic heterocycles. The second kappa shape index (κ2) is 5.21. The molecule has 4 aromatic rings. The van der Waals surface area contributed by atoms with Crippen LogP contribution in [0.15, 0.2) is 42.6 Å². The highest BCUT2D eigenvalue weighted by Gasteiger charge is 2.14. The topological polar surface area (TPSA) is 59.4 Å². The second-order valence-electron chi connectivity index (χ2n) is 5.46. The maximum atomic E-state index is 5.93. The van der Waals surface area contributed by atoms with Gasteiger partial charge in [-0.15, -0.1) is 0 Å². The number of rotatable bonds is 2. The summed E-state index contributed by atoms with van der Waals surface area (Å²) in [6.45, 7) is 2.00. The predicted octanol–water partition coefficient (Wildman–Crippen LogP) is 3.99. The maximum absolute atomic E-state index is 5.93. The number of nitrogens with one attached hydrogen (secondary N) is 1. The number of aryl methyl sites for hydroxylation is 2. The number of hydrogen-bond donors (Lipinski definition) is 1. The molecule has 0 fully saturated rings. The van der Waals surface area contributed by atoms with Crippen LogP contribution < -0.4 is 0 Å². The lowest BCUT2D eigenvalue weighted by atomic mass is 10.1. The Labute approximate surface area is 138 Å². The smallest absolute Gasteiger partial charge is 0.156 e. The molecule has 1 aromatic carbocycles. The monoisotopic (exact) mass is 323 g/mol. The van der Waals surface area contributed by atoms with Crippen LogP contribution in [0.4, 0.5) is 0 Å². The van der Waals surface area contributed by atoms with E-state index in [1.165, 1.54) is 0 Å². The van der Waals surface area contributed by atoms with Crippen LogP contribution in [0.1, 0.15) is 5.56 Å². The van der Waals surface area contributed by atoms with Gasteiger partial charge in [-0.05, 0) is 36.8 Å². The van der Waals surface area contributed by atoms with Crippen LogP contribution in [0, 0.1) is 6.92 Å². The molecule has 0 radical (unpaired) electrons. The highest BCUT2D eigenvalue weighted by Crippen LogP contribution is 2.28. The van der Waals surface area contributed by atoms with Crippen LogP contribution in [-0.4, -0.2) is 24.7 Å². The number of fused-ring (bicyclic) bond motifs is 1. The van der Waals surface area contributed by atoms with E-state index in [0.29, 0.717) is 5.15 Å². The van der Waals surface area contributed by atoms with Crippen molar-refractivity contribution in [3.63, 3.8) is 0 Å². The number of aromatic amines is 1. The number of benzene rings is 1. The minimum absolute atomic E-state index is 0.486. The van der Waals surface area contributed by atoms with Gasteiger partial charge in [0.1, 0.15) is 10.8 Å². The molecule has 0 atom stereocenters. The molecule has 114 valence electrons. The van der Waals surface area contributed by atoms with Gasteiger partial charge in [-0.1, -0.05) is 23.7 Å². The first-order valence-corrected chi connectivity index (χ1v) is 7.61. The van der Waals surface area contributed by atoms with E-state index in [1.54, 1.807) is 6.20 Å². The van der Waals surface area contributed by atoms with Gasteiger partial charge in [0, 0.05) is 18.8 Å². The summed E-state index contributed by atoms with van der Waals surface area (Å²) >= 11 is 5.93. The number of H-pyrrole nitrogens is 1. The second-order valence-corrected chi connectivity index (χ2v) is 5.85. The Bertz CT molecular complexity index is 982.